The first-order valence-electron chi connectivity index (χ1n) is 12.7. The van der Waals surface area contributed by atoms with Gasteiger partial charge in [-0.3, -0.25) is 9.59 Å². The molecule has 0 aromatic heterocycles. The minimum absolute atomic E-state index is 0.142. The smallest absolute Gasteiger partial charge is 0.261 e. The van der Waals surface area contributed by atoms with Crippen LogP contribution in [0.2, 0.25) is 0 Å². The third kappa shape index (κ3) is 8.26. The molecule has 0 aliphatic carbocycles. The van der Waals surface area contributed by atoms with Gasteiger partial charge in [0.15, 0.2) is 6.61 Å². The first kappa shape index (κ1) is 27.0. The minimum Gasteiger partial charge on any atom is -0.484 e. The van der Waals surface area contributed by atoms with Gasteiger partial charge in [-0.05, 0) is 40.7 Å². The van der Waals surface area contributed by atoms with Crippen molar-refractivity contribution in [2.24, 2.45) is 5.92 Å². The molecule has 5 heteroatoms. The van der Waals surface area contributed by atoms with E-state index in [4.69, 9.17) is 4.74 Å². The van der Waals surface area contributed by atoms with E-state index in [1.54, 1.807) is 4.90 Å². The molecule has 0 saturated carbocycles. The summed E-state index contributed by atoms with van der Waals surface area (Å²) in [5.74, 6) is 0.980. The Morgan fingerprint density at radius 1 is 0.806 bits per heavy atom. The van der Waals surface area contributed by atoms with Crippen LogP contribution in [-0.4, -0.2) is 35.9 Å². The lowest BCUT2D eigenvalue weighted by Crippen LogP contribution is -2.52. The lowest BCUT2D eigenvalue weighted by atomic mass is 10.0. The van der Waals surface area contributed by atoms with Crippen LogP contribution in [0.4, 0.5) is 0 Å². The number of nitrogens with one attached hydrogen (secondary N) is 1. The van der Waals surface area contributed by atoms with E-state index in [2.05, 4.69) is 33.0 Å². The van der Waals surface area contributed by atoms with E-state index in [0.717, 1.165) is 11.1 Å². The molecule has 0 saturated heterocycles. The molecule has 0 fully saturated rings. The highest BCUT2D eigenvalue weighted by Crippen LogP contribution is 2.20. The zero-order chi connectivity index (χ0) is 25.9. The molecular formula is C31H38N2O3. The molecule has 5 nitrogen and oxygen atoms in total. The van der Waals surface area contributed by atoms with Gasteiger partial charge in [0.1, 0.15) is 11.8 Å². The number of carbonyl (C=O) groups excluding carboxylic acids is 2. The SMILES string of the molecule is CC(C)CNC(=O)C(Cc1ccccc1)N(Cc1ccccc1)C(=O)COc1ccc(C(C)C)cc1. The lowest BCUT2D eigenvalue weighted by molar-refractivity contribution is -0.142. The second-order valence-electron chi connectivity index (χ2n) is 9.86. The van der Waals surface area contributed by atoms with Crippen molar-refractivity contribution in [3.05, 3.63) is 102 Å². The Hall–Kier alpha value is -3.60. The van der Waals surface area contributed by atoms with E-state index in [9.17, 15) is 9.59 Å². The van der Waals surface area contributed by atoms with Crippen LogP contribution in [0.3, 0.4) is 0 Å². The van der Waals surface area contributed by atoms with Gasteiger partial charge in [0.2, 0.25) is 5.91 Å². The number of ether oxygens (including phenoxy) is 1. The van der Waals surface area contributed by atoms with Crippen molar-refractivity contribution < 1.29 is 14.3 Å². The van der Waals surface area contributed by atoms with Crippen molar-refractivity contribution in [1.29, 1.82) is 0 Å². The molecule has 3 rings (SSSR count). The van der Waals surface area contributed by atoms with Crippen molar-refractivity contribution in [2.75, 3.05) is 13.2 Å². The van der Waals surface area contributed by atoms with Gasteiger partial charge in [0.25, 0.3) is 5.91 Å². The molecule has 0 aliphatic rings. The fourth-order valence-electron chi connectivity index (χ4n) is 3.93. The van der Waals surface area contributed by atoms with Gasteiger partial charge in [0, 0.05) is 19.5 Å². The van der Waals surface area contributed by atoms with Crippen LogP contribution in [0, 0.1) is 5.92 Å². The predicted octanol–water partition coefficient (Wildman–Crippen LogP) is 5.60. The number of benzene rings is 3. The van der Waals surface area contributed by atoms with Gasteiger partial charge >= 0.3 is 0 Å². The molecule has 0 bridgehead atoms. The molecule has 0 radical (unpaired) electrons. The maximum absolute atomic E-state index is 13.6. The van der Waals surface area contributed by atoms with Gasteiger partial charge in [-0.2, -0.15) is 0 Å². The molecular weight excluding hydrogens is 448 g/mol. The predicted molar refractivity (Wildman–Crippen MR) is 145 cm³/mol. The number of hydrogen-bond acceptors (Lipinski definition) is 3. The summed E-state index contributed by atoms with van der Waals surface area (Å²) in [5, 5.41) is 3.04. The van der Waals surface area contributed by atoms with E-state index in [0.29, 0.717) is 37.1 Å². The third-order valence-electron chi connectivity index (χ3n) is 6.06. The largest absolute Gasteiger partial charge is 0.484 e. The zero-order valence-corrected chi connectivity index (χ0v) is 21.8. The number of amides is 2. The Balaban J connectivity index is 1.84. The van der Waals surface area contributed by atoms with Crippen molar-refractivity contribution in [3.8, 4) is 5.75 Å². The maximum Gasteiger partial charge on any atom is 0.261 e. The molecule has 1 N–H and O–H groups in total. The van der Waals surface area contributed by atoms with E-state index in [-0.39, 0.29) is 18.4 Å². The Bertz CT molecular complexity index is 1080. The molecule has 3 aromatic carbocycles. The number of hydrogen-bond donors (Lipinski definition) is 1. The van der Waals surface area contributed by atoms with Gasteiger partial charge in [0.05, 0.1) is 0 Å². The van der Waals surface area contributed by atoms with Gasteiger partial charge in [-0.15, -0.1) is 0 Å². The second-order valence-corrected chi connectivity index (χ2v) is 9.86. The topological polar surface area (TPSA) is 58.6 Å². The average Bonchev–Trinajstić information content (AvgIpc) is 2.89. The highest BCUT2D eigenvalue weighted by atomic mass is 16.5. The maximum atomic E-state index is 13.6. The Morgan fingerprint density at radius 3 is 1.94 bits per heavy atom. The number of rotatable bonds is 12. The fraction of sp³-hybridized carbons (Fsp3) is 0.355. The molecule has 3 aromatic rings. The molecule has 36 heavy (non-hydrogen) atoms. The van der Waals surface area contributed by atoms with Crippen LogP contribution in [0.5, 0.6) is 5.75 Å². The molecule has 190 valence electrons. The Kier molecular flexibility index (Phi) is 10.1. The summed E-state index contributed by atoms with van der Waals surface area (Å²) in [4.78, 5) is 28.7. The van der Waals surface area contributed by atoms with Crippen LogP contribution in [0.15, 0.2) is 84.9 Å². The summed E-state index contributed by atoms with van der Waals surface area (Å²) in [5.41, 5.74) is 3.17. The van der Waals surface area contributed by atoms with Gasteiger partial charge in [-0.1, -0.05) is 100 Å². The molecule has 0 aliphatic heterocycles. The van der Waals surface area contributed by atoms with Gasteiger partial charge in [-0.25, -0.2) is 0 Å². The van der Waals surface area contributed by atoms with Crippen molar-refractivity contribution in [3.63, 3.8) is 0 Å². The highest BCUT2D eigenvalue weighted by molar-refractivity contribution is 5.88. The summed E-state index contributed by atoms with van der Waals surface area (Å²) in [7, 11) is 0. The van der Waals surface area contributed by atoms with Crippen LogP contribution in [0.1, 0.15) is 50.3 Å². The van der Waals surface area contributed by atoms with E-state index in [1.807, 2.05) is 84.9 Å². The second kappa shape index (κ2) is 13.5. The molecule has 1 unspecified atom stereocenters. The van der Waals surface area contributed by atoms with E-state index in [1.165, 1.54) is 5.56 Å². The van der Waals surface area contributed by atoms with Crippen molar-refractivity contribution in [2.45, 2.75) is 52.6 Å². The Labute approximate surface area is 215 Å². The average molecular weight is 487 g/mol. The third-order valence-corrected chi connectivity index (χ3v) is 6.06. The quantitative estimate of drug-likeness (QED) is 0.362. The Morgan fingerprint density at radius 2 is 1.39 bits per heavy atom. The standard InChI is InChI=1S/C31H38N2O3/c1-23(2)20-32-31(35)29(19-25-11-7-5-8-12-25)33(21-26-13-9-6-10-14-26)30(34)22-36-28-17-15-27(16-18-28)24(3)4/h5-18,23-24,29H,19-22H2,1-4H3,(H,32,35). The first-order valence-corrected chi connectivity index (χ1v) is 12.7. The first-order chi connectivity index (χ1) is 17.3. The highest BCUT2D eigenvalue weighted by Gasteiger charge is 2.30. The van der Waals surface area contributed by atoms with Crippen LogP contribution >= 0.6 is 0 Å². The summed E-state index contributed by atoms with van der Waals surface area (Å²) in [6.07, 6.45) is 0.423. The van der Waals surface area contributed by atoms with Crippen LogP contribution < -0.4 is 10.1 Å². The zero-order valence-electron chi connectivity index (χ0n) is 21.8. The van der Waals surface area contributed by atoms with Gasteiger partial charge < -0.3 is 15.0 Å². The number of nitrogens with zero attached hydrogens (tertiary/aromatic N) is 1. The molecule has 2 amide bonds. The fourth-order valence-corrected chi connectivity index (χ4v) is 3.93. The summed E-state index contributed by atoms with van der Waals surface area (Å²) >= 11 is 0. The monoisotopic (exact) mass is 486 g/mol. The van der Waals surface area contributed by atoms with E-state index < -0.39 is 6.04 Å². The molecule has 1 atom stereocenters. The van der Waals surface area contributed by atoms with Crippen LogP contribution in [-0.2, 0) is 22.6 Å². The summed E-state index contributed by atoms with van der Waals surface area (Å²) in [6, 6.07) is 26.7. The molecule has 0 heterocycles. The van der Waals surface area contributed by atoms with Crippen molar-refractivity contribution >= 4 is 11.8 Å². The van der Waals surface area contributed by atoms with Crippen molar-refractivity contribution in [1.82, 2.24) is 10.2 Å². The normalized spacial score (nSPS) is 11.8. The van der Waals surface area contributed by atoms with E-state index >= 15 is 0 Å². The summed E-state index contributed by atoms with van der Waals surface area (Å²) in [6.45, 7) is 9.11. The lowest BCUT2D eigenvalue weighted by Gasteiger charge is -2.31. The summed E-state index contributed by atoms with van der Waals surface area (Å²) < 4.78 is 5.88. The number of carbonyl (C=O) groups is 2. The minimum atomic E-state index is -0.661. The molecule has 0 spiro atoms. The van der Waals surface area contributed by atoms with Crippen LogP contribution in [0.25, 0.3) is 0 Å².